The molecule has 1 aliphatic heterocycles. The molecule has 7 heteroatoms. The van der Waals surface area contributed by atoms with Gasteiger partial charge in [-0.3, -0.25) is 4.79 Å². The van der Waals surface area contributed by atoms with Crippen LogP contribution in [0.25, 0.3) is 0 Å². The van der Waals surface area contributed by atoms with Crippen LogP contribution in [0.1, 0.15) is 29.8 Å². The topological polar surface area (TPSA) is 93.8 Å². The summed E-state index contributed by atoms with van der Waals surface area (Å²) in [4.78, 5) is 16.0. The van der Waals surface area contributed by atoms with Crippen molar-refractivity contribution in [1.82, 2.24) is 10.3 Å². The van der Waals surface area contributed by atoms with Gasteiger partial charge in [0.25, 0.3) is 5.91 Å². The Balaban J connectivity index is 1.67. The average Bonchev–Trinajstić information content (AvgIpc) is 2.97. The number of hydrogen-bond donors (Lipinski definition) is 2. The van der Waals surface area contributed by atoms with Gasteiger partial charge in [-0.25, -0.2) is 0 Å². The molecule has 0 aromatic carbocycles. The average molecular weight is 282 g/mol. The summed E-state index contributed by atoms with van der Waals surface area (Å²) in [5.74, 6) is -0.306. The van der Waals surface area contributed by atoms with E-state index in [9.17, 15) is 9.90 Å². The Kier molecular flexibility index (Phi) is 3.39. The third-order valence-corrected chi connectivity index (χ3v) is 4.44. The maximum Gasteiger partial charge on any atom is 0.393 e. The van der Waals surface area contributed by atoms with Gasteiger partial charge in [0.15, 0.2) is 5.69 Å². The van der Waals surface area contributed by atoms with E-state index in [2.05, 4.69) is 10.3 Å². The van der Waals surface area contributed by atoms with Crippen LogP contribution in [0, 0.1) is 5.41 Å². The molecule has 2 heterocycles. The van der Waals surface area contributed by atoms with Gasteiger partial charge in [-0.2, -0.15) is 4.98 Å². The van der Waals surface area contributed by atoms with Gasteiger partial charge in [-0.15, -0.1) is 0 Å². The summed E-state index contributed by atoms with van der Waals surface area (Å²) in [7, 11) is 1.42. The van der Waals surface area contributed by atoms with Crippen molar-refractivity contribution in [3.63, 3.8) is 0 Å². The summed E-state index contributed by atoms with van der Waals surface area (Å²) in [6.07, 6.45) is 3.05. The molecule has 2 atom stereocenters. The van der Waals surface area contributed by atoms with Gasteiger partial charge in [0.05, 0.1) is 13.2 Å². The smallest absolute Gasteiger partial charge is 0.393 e. The fourth-order valence-corrected chi connectivity index (χ4v) is 3.09. The van der Waals surface area contributed by atoms with Crippen LogP contribution < -0.4 is 10.1 Å². The molecule has 7 nitrogen and oxygen atoms in total. The lowest BCUT2D eigenvalue weighted by atomic mass is 9.58. The number of carbonyl (C=O) groups is 1. The predicted molar refractivity (Wildman–Crippen MR) is 67.4 cm³/mol. The summed E-state index contributed by atoms with van der Waals surface area (Å²) >= 11 is 0. The van der Waals surface area contributed by atoms with Crippen LogP contribution in [0.2, 0.25) is 0 Å². The van der Waals surface area contributed by atoms with Gasteiger partial charge >= 0.3 is 6.08 Å². The normalized spacial score (nSPS) is 27.9. The van der Waals surface area contributed by atoms with Crippen molar-refractivity contribution < 1.29 is 23.8 Å². The van der Waals surface area contributed by atoms with E-state index in [1.54, 1.807) is 0 Å². The Morgan fingerprint density at radius 1 is 1.55 bits per heavy atom. The predicted octanol–water partition coefficient (Wildman–Crippen LogP) is 0.343. The fourth-order valence-electron chi connectivity index (χ4n) is 3.09. The Bertz CT molecular complexity index is 495. The molecule has 1 saturated carbocycles. The van der Waals surface area contributed by atoms with Crippen LogP contribution in [0.15, 0.2) is 10.7 Å². The van der Waals surface area contributed by atoms with Crippen molar-refractivity contribution in [2.24, 2.45) is 5.41 Å². The van der Waals surface area contributed by atoms with Crippen molar-refractivity contribution in [3.05, 3.63) is 12.0 Å². The maximum atomic E-state index is 12.1. The first-order valence-corrected chi connectivity index (χ1v) is 6.72. The van der Waals surface area contributed by atoms with Gasteiger partial charge in [0.1, 0.15) is 6.26 Å². The molecule has 0 unspecified atom stereocenters. The van der Waals surface area contributed by atoms with E-state index in [1.807, 2.05) is 0 Å². The summed E-state index contributed by atoms with van der Waals surface area (Å²) in [5.41, 5.74) is -0.0627. The summed E-state index contributed by atoms with van der Waals surface area (Å²) < 4.78 is 15.1. The molecule has 110 valence electrons. The van der Waals surface area contributed by atoms with Gasteiger partial charge in [-0.05, 0) is 19.3 Å². The lowest BCUT2D eigenvalue weighted by Gasteiger charge is -2.55. The molecular weight excluding hydrogens is 264 g/mol. The first-order chi connectivity index (χ1) is 9.65. The number of oxazole rings is 1. The van der Waals surface area contributed by atoms with E-state index >= 15 is 0 Å². The molecule has 1 aromatic heterocycles. The molecular formula is C13H18N2O5. The first kappa shape index (κ1) is 13.4. The van der Waals surface area contributed by atoms with E-state index in [0.29, 0.717) is 19.6 Å². The molecule has 1 aromatic rings. The highest BCUT2D eigenvalue weighted by atomic mass is 16.6. The van der Waals surface area contributed by atoms with Crippen LogP contribution in [-0.2, 0) is 4.74 Å². The zero-order chi connectivity index (χ0) is 14.2. The number of aliphatic hydroxyl groups excluding tert-OH is 1. The largest absolute Gasteiger partial charge is 0.454 e. The number of amides is 1. The van der Waals surface area contributed by atoms with Gasteiger partial charge in [0, 0.05) is 24.7 Å². The Labute approximate surface area is 116 Å². The second kappa shape index (κ2) is 5.06. The lowest BCUT2D eigenvalue weighted by Crippen LogP contribution is -2.65. The highest BCUT2D eigenvalue weighted by Crippen LogP contribution is 2.48. The zero-order valence-corrected chi connectivity index (χ0v) is 11.3. The molecule has 2 fully saturated rings. The number of aromatic nitrogens is 1. The molecule has 1 spiro atoms. The van der Waals surface area contributed by atoms with E-state index in [-0.39, 0.29) is 35.2 Å². The quantitative estimate of drug-likeness (QED) is 0.830. The molecule has 1 aliphatic carbocycles. The zero-order valence-electron chi connectivity index (χ0n) is 11.3. The second-order valence-electron chi connectivity index (χ2n) is 5.33. The number of rotatable bonds is 3. The van der Waals surface area contributed by atoms with Crippen LogP contribution in [-0.4, -0.2) is 48.5 Å². The third kappa shape index (κ3) is 2.06. The molecule has 1 amide bonds. The van der Waals surface area contributed by atoms with Crippen LogP contribution in [0.5, 0.6) is 6.08 Å². The van der Waals surface area contributed by atoms with Crippen LogP contribution in [0.4, 0.5) is 0 Å². The molecule has 3 rings (SSSR count). The minimum absolute atomic E-state index is 0.0448. The highest BCUT2D eigenvalue weighted by molar-refractivity contribution is 5.92. The monoisotopic (exact) mass is 282 g/mol. The van der Waals surface area contributed by atoms with Crippen LogP contribution >= 0.6 is 0 Å². The Morgan fingerprint density at radius 3 is 2.90 bits per heavy atom. The number of hydrogen-bond acceptors (Lipinski definition) is 6. The number of nitrogens with one attached hydrogen (secondary N) is 1. The van der Waals surface area contributed by atoms with E-state index in [4.69, 9.17) is 13.9 Å². The van der Waals surface area contributed by atoms with Gasteiger partial charge in [0.2, 0.25) is 0 Å². The molecule has 20 heavy (non-hydrogen) atoms. The molecule has 2 aliphatic rings. The standard InChI is InChI=1S/C13H18N2O5/c1-18-12-14-8(7-20-12)11(17)15-9-6-10(16)13(9)2-4-19-5-3-13/h7,9-10,16H,2-6H2,1H3,(H,15,17)/t9-,10-/m1/s1. The number of methoxy groups -OCH3 is 1. The van der Waals surface area contributed by atoms with Gasteiger partial charge < -0.3 is 24.3 Å². The number of aliphatic hydroxyl groups is 1. The minimum Gasteiger partial charge on any atom is -0.454 e. The van der Waals surface area contributed by atoms with Crippen molar-refractivity contribution in [2.75, 3.05) is 20.3 Å². The first-order valence-electron chi connectivity index (χ1n) is 6.72. The summed E-state index contributed by atoms with van der Waals surface area (Å²) in [6, 6.07) is -0.0448. The van der Waals surface area contributed by atoms with Gasteiger partial charge in [-0.1, -0.05) is 0 Å². The highest BCUT2D eigenvalue weighted by Gasteiger charge is 2.55. The third-order valence-electron chi connectivity index (χ3n) is 4.44. The maximum absolute atomic E-state index is 12.1. The van der Waals surface area contributed by atoms with Crippen molar-refractivity contribution in [2.45, 2.75) is 31.4 Å². The molecule has 1 saturated heterocycles. The summed E-state index contributed by atoms with van der Waals surface area (Å²) in [5, 5.41) is 13.0. The number of ether oxygens (including phenoxy) is 2. The molecule has 0 bridgehead atoms. The van der Waals surface area contributed by atoms with E-state index < -0.39 is 0 Å². The fraction of sp³-hybridized carbons (Fsp3) is 0.692. The SMILES string of the molecule is COc1nc(C(=O)N[C@@H]2C[C@@H](O)C23CCOCC3)co1. The van der Waals surface area contributed by atoms with Crippen LogP contribution in [0.3, 0.4) is 0 Å². The van der Waals surface area contributed by atoms with Crippen molar-refractivity contribution in [1.29, 1.82) is 0 Å². The van der Waals surface area contributed by atoms with Crippen molar-refractivity contribution >= 4 is 5.91 Å². The van der Waals surface area contributed by atoms with E-state index in [1.165, 1.54) is 13.4 Å². The number of nitrogens with zero attached hydrogens (tertiary/aromatic N) is 1. The Hall–Kier alpha value is -1.60. The lowest BCUT2D eigenvalue weighted by molar-refractivity contribution is -0.145. The summed E-state index contributed by atoms with van der Waals surface area (Å²) in [6.45, 7) is 1.25. The number of carbonyl (C=O) groups excluding carboxylic acids is 1. The minimum atomic E-state index is -0.372. The van der Waals surface area contributed by atoms with E-state index in [0.717, 1.165) is 12.8 Å². The molecule has 0 radical (unpaired) electrons. The molecule has 2 N–H and O–H groups in total. The second-order valence-corrected chi connectivity index (χ2v) is 5.33. The van der Waals surface area contributed by atoms with Crippen molar-refractivity contribution in [3.8, 4) is 6.08 Å². The Morgan fingerprint density at radius 2 is 2.30 bits per heavy atom.